The van der Waals surface area contributed by atoms with Gasteiger partial charge in [-0.05, 0) is 49.4 Å². The highest BCUT2D eigenvalue weighted by molar-refractivity contribution is 9.10. The molecule has 0 aliphatic heterocycles. The Hall–Kier alpha value is -2.07. The second-order valence-electron chi connectivity index (χ2n) is 4.56. The summed E-state index contributed by atoms with van der Waals surface area (Å²) in [5, 5.41) is 3.19. The van der Waals surface area contributed by atoms with Crippen LogP contribution in [0.25, 0.3) is 0 Å². The maximum absolute atomic E-state index is 12.1. The van der Waals surface area contributed by atoms with Crippen molar-refractivity contribution >= 4 is 27.4 Å². The van der Waals surface area contributed by atoms with E-state index in [1.807, 2.05) is 31.2 Å². The number of benzene rings is 2. The van der Waals surface area contributed by atoms with Crippen molar-refractivity contribution in [3.63, 3.8) is 0 Å². The fraction of sp³-hybridized carbons (Fsp3) is 0.118. The van der Waals surface area contributed by atoms with Gasteiger partial charge in [-0.3, -0.25) is 4.79 Å². The smallest absolute Gasteiger partial charge is 0.187 e. The maximum atomic E-state index is 12.1. The van der Waals surface area contributed by atoms with Crippen molar-refractivity contribution in [2.75, 3.05) is 12.4 Å². The lowest BCUT2D eigenvalue weighted by molar-refractivity contribution is 0.104. The summed E-state index contributed by atoms with van der Waals surface area (Å²) in [5.74, 6) is 0.692. The van der Waals surface area contributed by atoms with E-state index in [0.29, 0.717) is 5.56 Å². The van der Waals surface area contributed by atoms with Gasteiger partial charge in [-0.1, -0.05) is 22.0 Å². The Morgan fingerprint density at radius 2 is 1.90 bits per heavy atom. The van der Waals surface area contributed by atoms with Crippen molar-refractivity contribution in [2.24, 2.45) is 0 Å². The van der Waals surface area contributed by atoms with Gasteiger partial charge in [0.15, 0.2) is 5.78 Å². The van der Waals surface area contributed by atoms with E-state index in [0.717, 1.165) is 21.6 Å². The Morgan fingerprint density at radius 3 is 2.52 bits per heavy atom. The molecule has 108 valence electrons. The fourth-order valence-electron chi connectivity index (χ4n) is 1.87. The van der Waals surface area contributed by atoms with Crippen LogP contribution < -0.4 is 10.1 Å². The molecular weight excluding hydrogens is 330 g/mol. The van der Waals surface area contributed by atoms with Gasteiger partial charge in [0.1, 0.15) is 5.75 Å². The molecular formula is C17H16BrNO2. The van der Waals surface area contributed by atoms with Gasteiger partial charge in [-0.25, -0.2) is 0 Å². The minimum Gasteiger partial charge on any atom is -0.497 e. The molecule has 0 radical (unpaired) electrons. The van der Waals surface area contributed by atoms with Crippen LogP contribution in [0.3, 0.4) is 0 Å². The molecule has 0 saturated heterocycles. The van der Waals surface area contributed by atoms with Crippen molar-refractivity contribution in [1.29, 1.82) is 0 Å². The molecule has 0 aliphatic rings. The lowest BCUT2D eigenvalue weighted by Crippen LogP contribution is -2.01. The van der Waals surface area contributed by atoms with Gasteiger partial charge >= 0.3 is 0 Å². The zero-order valence-electron chi connectivity index (χ0n) is 11.9. The average Bonchev–Trinajstić information content (AvgIpc) is 2.47. The third kappa shape index (κ3) is 4.46. The highest BCUT2D eigenvalue weighted by atomic mass is 79.9. The number of carbonyl (C=O) groups excluding carboxylic acids is 1. The van der Waals surface area contributed by atoms with Gasteiger partial charge in [0.25, 0.3) is 0 Å². The second-order valence-corrected chi connectivity index (χ2v) is 5.47. The zero-order chi connectivity index (χ0) is 15.2. The second kappa shape index (κ2) is 7.09. The monoisotopic (exact) mass is 345 g/mol. The molecule has 0 amide bonds. The number of hydrogen-bond acceptors (Lipinski definition) is 3. The molecule has 3 nitrogen and oxygen atoms in total. The normalized spacial score (nSPS) is 11.1. The van der Waals surface area contributed by atoms with Gasteiger partial charge in [-0.15, -0.1) is 0 Å². The summed E-state index contributed by atoms with van der Waals surface area (Å²) in [7, 11) is 1.60. The standard InChI is InChI=1S/C17H16BrNO2/c1-12(19-15-5-3-4-14(18)11-15)10-17(20)13-6-8-16(21-2)9-7-13/h3-11,19H,1-2H3. The Morgan fingerprint density at radius 1 is 1.19 bits per heavy atom. The summed E-state index contributed by atoms with van der Waals surface area (Å²) >= 11 is 3.41. The van der Waals surface area contributed by atoms with E-state index in [9.17, 15) is 4.79 Å². The van der Waals surface area contributed by atoms with Crippen LogP contribution in [-0.2, 0) is 0 Å². The fourth-order valence-corrected chi connectivity index (χ4v) is 2.26. The number of halogens is 1. The number of ether oxygens (including phenoxy) is 1. The van der Waals surface area contributed by atoms with E-state index in [2.05, 4.69) is 21.2 Å². The Balaban J connectivity index is 2.08. The molecule has 0 atom stereocenters. The highest BCUT2D eigenvalue weighted by Gasteiger charge is 2.04. The summed E-state index contributed by atoms with van der Waals surface area (Å²) in [6.07, 6.45) is 1.59. The largest absolute Gasteiger partial charge is 0.497 e. The van der Waals surface area contributed by atoms with Gasteiger partial charge < -0.3 is 10.1 Å². The number of hydrogen-bond donors (Lipinski definition) is 1. The van der Waals surface area contributed by atoms with Crippen molar-refractivity contribution in [3.05, 3.63) is 70.3 Å². The number of nitrogens with one attached hydrogen (secondary N) is 1. The van der Waals surface area contributed by atoms with Crippen molar-refractivity contribution in [1.82, 2.24) is 0 Å². The lowest BCUT2D eigenvalue weighted by Gasteiger charge is -2.07. The summed E-state index contributed by atoms with van der Waals surface area (Å²) in [6.45, 7) is 1.86. The number of methoxy groups -OCH3 is 1. The molecule has 2 rings (SSSR count). The van der Waals surface area contributed by atoms with Crippen molar-refractivity contribution in [2.45, 2.75) is 6.92 Å². The van der Waals surface area contributed by atoms with Gasteiger partial charge in [0.05, 0.1) is 7.11 Å². The first kappa shape index (κ1) is 15.3. The number of allylic oxidation sites excluding steroid dienone is 2. The summed E-state index contributed by atoms with van der Waals surface area (Å²) < 4.78 is 6.06. The van der Waals surface area contributed by atoms with E-state index in [1.165, 1.54) is 0 Å². The summed E-state index contributed by atoms with van der Waals surface area (Å²) in [6, 6.07) is 14.8. The van der Waals surface area contributed by atoms with Crippen LogP contribution in [0.4, 0.5) is 5.69 Å². The lowest BCUT2D eigenvalue weighted by atomic mass is 10.1. The Bertz CT molecular complexity index is 663. The van der Waals surface area contributed by atoms with Crippen molar-refractivity contribution in [3.8, 4) is 5.75 Å². The number of anilines is 1. The molecule has 0 saturated carbocycles. The molecule has 0 spiro atoms. The highest BCUT2D eigenvalue weighted by Crippen LogP contribution is 2.17. The third-order valence-electron chi connectivity index (χ3n) is 2.89. The first-order valence-electron chi connectivity index (χ1n) is 6.48. The molecule has 0 aliphatic carbocycles. The summed E-state index contributed by atoms with van der Waals surface area (Å²) in [4.78, 5) is 12.1. The molecule has 4 heteroatoms. The molecule has 0 fully saturated rings. The summed E-state index contributed by atoms with van der Waals surface area (Å²) in [5.41, 5.74) is 2.35. The molecule has 2 aromatic carbocycles. The molecule has 1 N–H and O–H groups in total. The number of carbonyl (C=O) groups is 1. The van der Waals surface area contributed by atoms with Crippen LogP contribution >= 0.6 is 15.9 Å². The van der Waals surface area contributed by atoms with E-state index in [1.54, 1.807) is 37.5 Å². The minimum absolute atomic E-state index is 0.0438. The molecule has 2 aromatic rings. The molecule has 0 heterocycles. The predicted octanol–water partition coefficient (Wildman–Crippen LogP) is 4.66. The van der Waals surface area contributed by atoms with E-state index < -0.39 is 0 Å². The SMILES string of the molecule is COc1ccc(C(=O)C=C(C)Nc2cccc(Br)c2)cc1. The number of rotatable bonds is 5. The van der Waals surface area contributed by atoms with Gasteiger partial charge in [0, 0.05) is 27.5 Å². The van der Waals surface area contributed by atoms with Crippen LogP contribution in [0.15, 0.2) is 64.8 Å². The van der Waals surface area contributed by atoms with E-state index >= 15 is 0 Å². The maximum Gasteiger partial charge on any atom is 0.187 e. The molecule has 21 heavy (non-hydrogen) atoms. The van der Waals surface area contributed by atoms with E-state index in [4.69, 9.17) is 4.74 Å². The number of ketones is 1. The quantitative estimate of drug-likeness (QED) is 0.632. The van der Waals surface area contributed by atoms with Crippen LogP contribution in [0.1, 0.15) is 17.3 Å². The first-order valence-corrected chi connectivity index (χ1v) is 7.27. The van der Waals surface area contributed by atoms with Gasteiger partial charge in [-0.2, -0.15) is 0 Å². The van der Waals surface area contributed by atoms with Crippen LogP contribution in [0, 0.1) is 0 Å². The third-order valence-corrected chi connectivity index (χ3v) is 3.38. The molecule has 0 unspecified atom stereocenters. The van der Waals surface area contributed by atoms with Crippen molar-refractivity contribution < 1.29 is 9.53 Å². The topological polar surface area (TPSA) is 38.3 Å². The van der Waals surface area contributed by atoms with Crippen LogP contribution in [0.2, 0.25) is 0 Å². The first-order chi connectivity index (χ1) is 10.1. The van der Waals surface area contributed by atoms with Crippen LogP contribution in [0.5, 0.6) is 5.75 Å². The Labute approximate surface area is 132 Å². The molecule has 0 bridgehead atoms. The Kier molecular flexibility index (Phi) is 5.17. The minimum atomic E-state index is -0.0438. The van der Waals surface area contributed by atoms with Gasteiger partial charge in [0.2, 0.25) is 0 Å². The average molecular weight is 346 g/mol. The predicted molar refractivity (Wildman–Crippen MR) is 88.8 cm³/mol. The van der Waals surface area contributed by atoms with E-state index in [-0.39, 0.29) is 5.78 Å². The molecule has 0 aromatic heterocycles. The zero-order valence-corrected chi connectivity index (χ0v) is 13.5. The van der Waals surface area contributed by atoms with Crippen LogP contribution in [-0.4, -0.2) is 12.9 Å².